The van der Waals surface area contributed by atoms with Gasteiger partial charge in [-0.2, -0.15) is 11.8 Å². The molecule has 68 valence electrons. The normalized spacial score (nSPS) is 10.9. The Morgan fingerprint density at radius 2 is 2.09 bits per heavy atom. The van der Waals surface area contributed by atoms with Gasteiger partial charge in [-0.15, -0.1) is 0 Å². The van der Waals surface area contributed by atoms with E-state index in [0.717, 1.165) is 24.5 Å². The first-order valence-corrected chi connectivity index (χ1v) is 5.35. The average Bonchev–Trinajstić information content (AvgIpc) is 1.96. The molecule has 2 nitrogen and oxygen atoms in total. The molecule has 0 aromatic rings. The zero-order valence-electron chi connectivity index (χ0n) is 7.47. The second-order valence-corrected chi connectivity index (χ2v) is 4.02. The molecule has 0 bridgehead atoms. The molecule has 0 aliphatic heterocycles. The minimum atomic E-state index is 0.324. The lowest BCUT2D eigenvalue weighted by Crippen LogP contribution is -2.25. The second kappa shape index (κ2) is 8.37. The highest BCUT2D eigenvalue weighted by Gasteiger charge is 1.91. The van der Waals surface area contributed by atoms with Gasteiger partial charge >= 0.3 is 0 Å². The van der Waals surface area contributed by atoms with Gasteiger partial charge in [-0.05, 0) is 12.2 Å². The fourth-order valence-electron chi connectivity index (χ4n) is 0.688. The topological polar surface area (TPSA) is 32.3 Å². The van der Waals surface area contributed by atoms with Gasteiger partial charge in [0, 0.05) is 24.9 Å². The van der Waals surface area contributed by atoms with Crippen LogP contribution < -0.4 is 5.32 Å². The van der Waals surface area contributed by atoms with Crippen LogP contribution in [0.1, 0.15) is 20.3 Å². The van der Waals surface area contributed by atoms with Crippen LogP contribution in [-0.4, -0.2) is 35.8 Å². The molecule has 0 aromatic heterocycles. The lowest BCUT2D eigenvalue weighted by Gasteiger charge is -2.06. The number of aliphatic hydroxyl groups is 1. The van der Waals surface area contributed by atoms with Gasteiger partial charge in [-0.25, -0.2) is 0 Å². The third-order valence-corrected chi connectivity index (χ3v) is 2.32. The van der Waals surface area contributed by atoms with Gasteiger partial charge in [0.2, 0.25) is 0 Å². The molecule has 0 fully saturated rings. The molecule has 0 aliphatic carbocycles. The van der Waals surface area contributed by atoms with Crippen molar-refractivity contribution in [3.8, 4) is 0 Å². The fraction of sp³-hybridized carbons (Fsp3) is 1.00. The summed E-state index contributed by atoms with van der Waals surface area (Å²) < 4.78 is 0. The van der Waals surface area contributed by atoms with Crippen LogP contribution in [0.3, 0.4) is 0 Å². The van der Waals surface area contributed by atoms with E-state index in [2.05, 4.69) is 19.2 Å². The van der Waals surface area contributed by atoms with E-state index >= 15 is 0 Å². The van der Waals surface area contributed by atoms with Crippen molar-refractivity contribution in [2.45, 2.75) is 26.3 Å². The summed E-state index contributed by atoms with van der Waals surface area (Å²) in [6.45, 7) is 5.70. The van der Waals surface area contributed by atoms with Crippen LogP contribution in [0.25, 0.3) is 0 Å². The molecule has 0 aromatic carbocycles. The van der Waals surface area contributed by atoms with Crippen molar-refractivity contribution < 1.29 is 5.11 Å². The smallest absolute Gasteiger partial charge is 0.0438 e. The SMILES string of the molecule is CC(C)NCCSCCCO. The number of aliphatic hydroxyl groups excluding tert-OH is 1. The van der Waals surface area contributed by atoms with E-state index in [9.17, 15) is 0 Å². The lowest BCUT2D eigenvalue weighted by atomic mass is 10.4. The Morgan fingerprint density at radius 1 is 1.36 bits per heavy atom. The van der Waals surface area contributed by atoms with E-state index in [1.54, 1.807) is 0 Å². The highest BCUT2D eigenvalue weighted by Crippen LogP contribution is 1.99. The Bertz CT molecular complexity index is 78.5. The van der Waals surface area contributed by atoms with Crippen molar-refractivity contribution in [2.24, 2.45) is 0 Å². The molecule has 0 unspecified atom stereocenters. The molecular formula is C8H19NOS. The molecular weight excluding hydrogens is 158 g/mol. The van der Waals surface area contributed by atoms with Gasteiger partial charge in [-0.1, -0.05) is 13.8 Å². The van der Waals surface area contributed by atoms with Crippen molar-refractivity contribution in [2.75, 3.05) is 24.7 Å². The van der Waals surface area contributed by atoms with Crippen molar-refractivity contribution in [3.63, 3.8) is 0 Å². The van der Waals surface area contributed by atoms with Crippen LogP contribution in [0, 0.1) is 0 Å². The fourth-order valence-corrected chi connectivity index (χ4v) is 1.49. The van der Waals surface area contributed by atoms with Crippen LogP contribution in [-0.2, 0) is 0 Å². The maximum Gasteiger partial charge on any atom is 0.0438 e. The summed E-state index contributed by atoms with van der Waals surface area (Å²) in [6, 6.07) is 0.591. The third-order valence-electron chi connectivity index (χ3n) is 1.25. The van der Waals surface area contributed by atoms with Crippen molar-refractivity contribution >= 4 is 11.8 Å². The largest absolute Gasteiger partial charge is 0.396 e. The molecule has 0 saturated carbocycles. The molecule has 0 aliphatic rings. The summed E-state index contributed by atoms with van der Waals surface area (Å²) in [4.78, 5) is 0. The summed E-state index contributed by atoms with van der Waals surface area (Å²) in [5, 5.41) is 11.8. The van der Waals surface area contributed by atoms with Gasteiger partial charge in [0.15, 0.2) is 0 Å². The Morgan fingerprint density at radius 3 is 2.64 bits per heavy atom. The van der Waals surface area contributed by atoms with E-state index in [0.29, 0.717) is 12.6 Å². The zero-order valence-corrected chi connectivity index (χ0v) is 8.28. The summed E-state index contributed by atoms with van der Waals surface area (Å²) in [5.41, 5.74) is 0. The molecule has 0 saturated heterocycles. The summed E-state index contributed by atoms with van der Waals surface area (Å²) in [7, 11) is 0. The average molecular weight is 177 g/mol. The zero-order chi connectivity index (χ0) is 8.53. The van der Waals surface area contributed by atoms with Gasteiger partial charge in [0.1, 0.15) is 0 Å². The third kappa shape index (κ3) is 10.3. The Kier molecular flexibility index (Phi) is 8.57. The lowest BCUT2D eigenvalue weighted by molar-refractivity contribution is 0.296. The van der Waals surface area contributed by atoms with Crippen molar-refractivity contribution in [3.05, 3.63) is 0 Å². The summed E-state index contributed by atoms with van der Waals surface area (Å²) >= 11 is 1.90. The predicted molar refractivity (Wildman–Crippen MR) is 52.2 cm³/mol. The van der Waals surface area contributed by atoms with Gasteiger partial charge in [-0.3, -0.25) is 0 Å². The summed E-state index contributed by atoms with van der Waals surface area (Å²) in [6.07, 6.45) is 0.923. The molecule has 11 heavy (non-hydrogen) atoms. The highest BCUT2D eigenvalue weighted by atomic mass is 32.2. The van der Waals surface area contributed by atoms with E-state index in [1.165, 1.54) is 0 Å². The number of hydrogen-bond acceptors (Lipinski definition) is 3. The molecule has 2 N–H and O–H groups in total. The molecule has 0 radical (unpaired) electrons. The van der Waals surface area contributed by atoms with Crippen molar-refractivity contribution in [1.82, 2.24) is 5.32 Å². The molecule has 3 heteroatoms. The first-order chi connectivity index (χ1) is 5.27. The molecule has 0 rings (SSSR count). The second-order valence-electron chi connectivity index (χ2n) is 2.80. The molecule has 0 spiro atoms. The van der Waals surface area contributed by atoms with Crippen LogP contribution in [0.2, 0.25) is 0 Å². The first kappa shape index (κ1) is 11.3. The predicted octanol–water partition coefficient (Wildman–Crippen LogP) is 1.10. The Balaban J connectivity index is 2.80. The number of hydrogen-bond donors (Lipinski definition) is 2. The minimum Gasteiger partial charge on any atom is -0.396 e. The Labute approximate surface area is 73.8 Å². The molecule has 0 amide bonds. The number of rotatable bonds is 7. The van der Waals surface area contributed by atoms with Gasteiger partial charge in [0.05, 0.1) is 0 Å². The molecule has 0 heterocycles. The van der Waals surface area contributed by atoms with Gasteiger partial charge in [0.25, 0.3) is 0 Å². The van der Waals surface area contributed by atoms with E-state index in [4.69, 9.17) is 5.11 Å². The number of thioether (sulfide) groups is 1. The highest BCUT2D eigenvalue weighted by molar-refractivity contribution is 7.99. The van der Waals surface area contributed by atoms with Gasteiger partial charge < -0.3 is 10.4 Å². The minimum absolute atomic E-state index is 0.324. The maximum atomic E-state index is 8.48. The van der Waals surface area contributed by atoms with Crippen LogP contribution in [0.4, 0.5) is 0 Å². The molecule has 0 atom stereocenters. The van der Waals surface area contributed by atoms with Crippen LogP contribution in [0.15, 0.2) is 0 Å². The van der Waals surface area contributed by atoms with E-state index < -0.39 is 0 Å². The van der Waals surface area contributed by atoms with E-state index in [1.807, 2.05) is 11.8 Å². The summed E-state index contributed by atoms with van der Waals surface area (Å²) in [5.74, 6) is 2.23. The quantitative estimate of drug-likeness (QED) is 0.571. The number of nitrogens with one attached hydrogen (secondary N) is 1. The standard InChI is InChI=1S/C8H19NOS/c1-8(2)9-4-7-11-6-3-5-10/h8-10H,3-7H2,1-2H3. The monoisotopic (exact) mass is 177 g/mol. The Hall–Kier alpha value is 0.270. The van der Waals surface area contributed by atoms with E-state index in [-0.39, 0.29) is 0 Å². The van der Waals surface area contributed by atoms with Crippen LogP contribution in [0.5, 0.6) is 0 Å². The first-order valence-electron chi connectivity index (χ1n) is 4.19. The maximum absolute atomic E-state index is 8.48. The van der Waals surface area contributed by atoms with Crippen LogP contribution >= 0.6 is 11.8 Å². The van der Waals surface area contributed by atoms with Crippen molar-refractivity contribution in [1.29, 1.82) is 0 Å².